The lowest BCUT2D eigenvalue weighted by Gasteiger charge is -2.24. The average Bonchev–Trinajstić information content (AvgIpc) is 3.95. The van der Waals surface area contributed by atoms with Gasteiger partial charge in [0.2, 0.25) is 0 Å². The number of hydrogen-bond acceptors (Lipinski definition) is 1. The van der Waals surface area contributed by atoms with Crippen LogP contribution in [0.2, 0.25) is 0 Å². The Kier molecular flexibility index (Phi) is 8.78. The van der Waals surface area contributed by atoms with E-state index in [9.17, 15) is 5.26 Å². The molecule has 2 aliphatic rings. The topological polar surface area (TPSA) is 28.7 Å². The van der Waals surface area contributed by atoms with Crippen molar-refractivity contribution in [1.82, 2.24) is 4.57 Å². The number of hydrogen-bond donors (Lipinski definition) is 0. The number of benzene rings is 11. The van der Waals surface area contributed by atoms with Gasteiger partial charge < -0.3 is 4.57 Å². The fourth-order valence-corrected chi connectivity index (χ4v) is 12.7. The molecule has 334 valence electrons. The van der Waals surface area contributed by atoms with Crippen molar-refractivity contribution in [2.75, 3.05) is 0 Å². The lowest BCUT2D eigenvalue weighted by molar-refractivity contribution is 0.660. The molecule has 0 aliphatic heterocycles. The van der Waals surface area contributed by atoms with E-state index in [-0.39, 0.29) is 10.8 Å². The predicted molar refractivity (Wildman–Crippen MR) is 297 cm³/mol. The molecular formula is C69H48N2. The molecule has 1 heterocycles. The zero-order valence-electron chi connectivity index (χ0n) is 40.2. The van der Waals surface area contributed by atoms with E-state index in [1.165, 1.54) is 99.4 Å². The summed E-state index contributed by atoms with van der Waals surface area (Å²) in [6, 6.07) is 83.2. The Morgan fingerprint density at radius 2 is 0.746 bits per heavy atom. The summed E-state index contributed by atoms with van der Waals surface area (Å²) < 4.78 is 2.30. The Hall–Kier alpha value is -8.77. The Morgan fingerprint density at radius 3 is 1.32 bits per heavy atom. The molecule has 11 aromatic carbocycles. The lowest BCUT2D eigenvalue weighted by atomic mass is 9.79. The summed E-state index contributed by atoms with van der Waals surface area (Å²) in [5.41, 5.74) is 24.2. The Balaban J connectivity index is 0.945. The van der Waals surface area contributed by atoms with Crippen LogP contribution in [-0.2, 0) is 10.8 Å². The lowest BCUT2D eigenvalue weighted by Crippen LogP contribution is -2.15. The van der Waals surface area contributed by atoms with E-state index in [4.69, 9.17) is 0 Å². The van der Waals surface area contributed by atoms with Crippen LogP contribution in [0.3, 0.4) is 0 Å². The van der Waals surface area contributed by atoms with Crippen LogP contribution in [-0.4, -0.2) is 4.57 Å². The molecular weight excluding hydrogens is 857 g/mol. The highest BCUT2D eigenvalue weighted by Gasteiger charge is 2.37. The van der Waals surface area contributed by atoms with Crippen LogP contribution in [0.25, 0.3) is 116 Å². The third-order valence-electron chi connectivity index (χ3n) is 16.2. The van der Waals surface area contributed by atoms with Gasteiger partial charge in [-0.25, -0.2) is 0 Å². The smallest absolute Gasteiger partial charge is 0.0991 e. The van der Waals surface area contributed by atoms with Gasteiger partial charge in [0.1, 0.15) is 0 Å². The van der Waals surface area contributed by atoms with Crippen molar-refractivity contribution in [2.24, 2.45) is 0 Å². The molecule has 0 saturated carbocycles. The maximum Gasteiger partial charge on any atom is 0.0991 e. The normalized spacial score (nSPS) is 13.8. The maximum atomic E-state index is 9.89. The average molecular weight is 905 g/mol. The number of nitriles is 1. The molecule has 2 heteroatoms. The number of para-hydroxylation sites is 1. The highest BCUT2D eigenvalue weighted by atomic mass is 15.0. The minimum absolute atomic E-state index is 0.116. The SMILES string of the molecule is CC1(C)c2ccccc2-c2ccc(-c3c4ccccc4c(-c4ccc5c(c4)C(C)(C)c4ccccc4-5)c4cc(-c5ccc(-c6ccc7c(c6)c6cc(C#N)ccc6n7-c6ccccc6)cc5)ccc34)cc21. The molecule has 0 amide bonds. The molecule has 2 aliphatic carbocycles. The fraction of sp³-hybridized carbons (Fsp3) is 0.0870. The van der Waals surface area contributed by atoms with Gasteiger partial charge in [-0.1, -0.05) is 185 Å². The first-order valence-electron chi connectivity index (χ1n) is 24.8. The maximum absolute atomic E-state index is 9.89. The Labute approximate surface area is 414 Å². The van der Waals surface area contributed by atoms with Crippen LogP contribution in [0, 0.1) is 11.3 Å². The van der Waals surface area contributed by atoms with Crippen LogP contribution >= 0.6 is 0 Å². The van der Waals surface area contributed by atoms with Crippen molar-refractivity contribution >= 4 is 43.4 Å². The number of nitrogens with zero attached hydrogens (tertiary/aromatic N) is 2. The minimum atomic E-state index is -0.127. The molecule has 0 saturated heterocycles. The summed E-state index contributed by atoms with van der Waals surface area (Å²) in [6.45, 7) is 9.50. The van der Waals surface area contributed by atoms with Crippen LogP contribution in [0.15, 0.2) is 218 Å². The van der Waals surface area contributed by atoms with Gasteiger partial charge in [0.05, 0.1) is 22.7 Å². The van der Waals surface area contributed by atoms with Crippen LogP contribution in [0.1, 0.15) is 55.5 Å². The first-order valence-corrected chi connectivity index (χ1v) is 24.8. The molecule has 12 aromatic rings. The van der Waals surface area contributed by atoms with Gasteiger partial charge in [0, 0.05) is 27.3 Å². The molecule has 0 radical (unpaired) electrons. The molecule has 1 aromatic heterocycles. The van der Waals surface area contributed by atoms with E-state index in [0.29, 0.717) is 5.56 Å². The third kappa shape index (κ3) is 6.00. The molecule has 71 heavy (non-hydrogen) atoms. The van der Waals surface area contributed by atoms with Crippen molar-refractivity contribution in [2.45, 2.75) is 38.5 Å². The minimum Gasteiger partial charge on any atom is -0.309 e. The van der Waals surface area contributed by atoms with Gasteiger partial charge in [-0.3, -0.25) is 0 Å². The summed E-state index contributed by atoms with van der Waals surface area (Å²) >= 11 is 0. The molecule has 0 atom stereocenters. The summed E-state index contributed by atoms with van der Waals surface area (Å²) in [5.74, 6) is 0. The summed E-state index contributed by atoms with van der Waals surface area (Å²) in [7, 11) is 0. The van der Waals surface area contributed by atoms with Gasteiger partial charge in [0.15, 0.2) is 0 Å². The molecule has 14 rings (SSSR count). The van der Waals surface area contributed by atoms with Gasteiger partial charge in [-0.2, -0.15) is 5.26 Å². The molecule has 0 spiro atoms. The van der Waals surface area contributed by atoms with Crippen LogP contribution in [0.4, 0.5) is 0 Å². The zero-order chi connectivity index (χ0) is 47.8. The van der Waals surface area contributed by atoms with Crippen molar-refractivity contribution in [3.8, 4) is 78.5 Å². The second-order valence-corrected chi connectivity index (χ2v) is 20.7. The Bertz CT molecular complexity index is 4270. The van der Waals surface area contributed by atoms with Gasteiger partial charge in [-0.05, 0) is 171 Å². The predicted octanol–water partition coefficient (Wildman–Crippen LogP) is 18.2. The van der Waals surface area contributed by atoms with E-state index in [1.54, 1.807) is 0 Å². The van der Waals surface area contributed by atoms with Crippen molar-refractivity contribution < 1.29 is 0 Å². The first-order chi connectivity index (χ1) is 34.7. The Morgan fingerprint density at radius 1 is 0.324 bits per heavy atom. The molecule has 0 bridgehead atoms. The molecule has 0 unspecified atom stereocenters. The monoisotopic (exact) mass is 904 g/mol. The second-order valence-electron chi connectivity index (χ2n) is 20.7. The first kappa shape index (κ1) is 41.2. The van der Waals surface area contributed by atoms with Gasteiger partial charge >= 0.3 is 0 Å². The fourth-order valence-electron chi connectivity index (χ4n) is 12.7. The summed E-state index contributed by atoms with van der Waals surface area (Å²) in [4.78, 5) is 0. The van der Waals surface area contributed by atoms with E-state index < -0.39 is 0 Å². The molecule has 0 fully saturated rings. The highest BCUT2D eigenvalue weighted by molar-refractivity contribution is 6.22. The van der Waals surface area contributed by atoms with Gasteiger partial charge in [-0.15, -0.1) is 0 Å². The number of rotatable bonds is 5. The quantitative estimate of drug-likeness (QED) is 0.158. The standard InChI is InChI=1S/C69H48N2/c1-68(2)60-20-12-10-16-50(60)52-31-28-47(39-62(52)68)66-54-18-8-9-19-55(54)67(48-29-32-53-51-17-11-13-21-61(51)69(3,4)63(53)40-48)59-38-45(27-33-56(59)66)43-23-25-44(26-24-43)46-30-35-65-58(37-46)57-36-42(41-70)22-34-64(57)71(65)49-14-6-5-7-15-49/h5-40H,1-4H3. The van der Waals surface area contributed by atoms with Crippen LogP contribution in [0.5, 0.6) is 0 Å². The zero-order valence-corrected chi connectivity index (χ0v) is 40.2. The molecule has 2 nitrogen and oxygen atoms in total. The largest absolute Gasteiger partial charge is 0.309 e. The number of fused-ring (bicyclic) bond motifs is 11. The van der Waals surface area contributed by atoms with Crippen LogP contribution < -0.4 is 0 Å². The second kappa shape index (κ2) is 15.1. The van der Waals surface area contributed by atoms with Crippen molar-refractivity contribution in [3.05, 3.63) is 246 Å². The summed E-state index contributed by atoms with van der Waals surface area (Å²) in [6.07, 6.45) is 0. The van der Waals surface area contributed by atoms with Crippen molar-refractivity contribution in [1.29, 1.82) is 5.26 Å². The highest BCUT2D eigenvalue weighted by Crippen LogP contribution is 2.54. The van der Waals surface area contributed by atoms with E-state index in [1.807, 2.05) is 18.2 Å². The third-order valence-corrected chi connectivity index (χ3v) is 16.2. The van der Waals surface area contributed by atoms with E-state index in [2.05, 4.69) is 239 Å². The van der Waals surface area contributed by atoms with E-state index >= 15 is 0 Å². The molecule has 0 N–H and O–H groups in total. The number of aromatic nitrogens is 1. The van der Waals surface area contributed by atoms with Gasteiger partial charge in [0.25, 0.3) is 0 Å². The summed E-state index contributed by atoms with van der Waals surface area (Å²) in [5, 5.41) is 17.1. The van der Waals surface area contributed by atoms with Crippen molar-refractivity contribution in [3.63, 3.8) is 0 Å². The van der Waals surface area contributed by atoms with E-state index in [0.717, 1.165) is 38.6 Å².